The average molecular weight is 273 g/mol. The summed E-state index contributed by atoms with van der Waals surface area (Å²) in [5, 5.41) is 2.83. The Kier molecular flexibility index (Phi) is 5.74. The van der Waals surface area contributed by atoms with Crippen molar-refractivity contribution in [3.05, 3.63) is 23.8 Å². The van der Waals surface area contributed by atoms with Gasteiger partial charge in [-0.3, -0.25) is 4.79 Å². The quantitative estimate of drug-likeness (QED) is 0.793. The topological polar surface area (TPSA) is 73.6 Å². The molecule has 0 fully saturated rings. The maximum atomic E-state index is 11.8. The van der Waals surface area contributed by atoms with Crippen molar-refractivity contribution in [1.82, 2.24) is 5.32 Å². The molecule has 0 saturated heterocycles. The van der Waals surface area contributed by atoms with Crippen LogP contribution in [0.3, 0.4) is 0 Å². The van der Waals surface area contributed by atoms with Gasteiger partial charge in [-0.2, -0.15) is 0 Å². The molecular formula is C12H17ClN2O3. The molecule has 5 nitrogen and oxygen atoms in total. The van der Waals surface area contributed by atoms with E-state index in [1.165, 1.54) is 0 Å². The number of unbranched alkanes of at least 4 members (excludes halogenated alkanes) is 1. The number of nitrogens with two attached hydrogens (primary N) is 1. The summed E-state index contributed by atoms with van der Waals surface area (Å²) in [5.41, 5.74) is 5.96. The molecule has 0 unspecified atom stereocenters. The van der Waals surface area contributed by atoms with E-state index in [1.807, 2.05) is 0 Å². The fraction of sp³-hybridized carbons (Fsp3) is 0.417. The molecule has 1 aromatic rings. The highest BCUT2D eigenvalue weighted by Crippen LogP contribution is 2.32. The van der Waals surface area contributed by atoms with Crippen molar-refractivity contribution < 1.29 is 14.3 Å². The third-order valence-corrected chi connectivity index (χ3v) is 2.55. The Morgan fingerprint density at radius 3 is 2.83 bits per heavy atom. The standard InChI is InChI=1S/C12H16N2O3.ClH/c13-5-1-2-6-14-12(15)9-3-4-10-11(7-9)17-8-16-10;/h3-4,7H,1-2,5-6,8,13H2,(H,14,15);1H. The number of carbonyl (C=O) groups excluding carboxylic acids is 1. The molecule has 0 atom stereocenters. The van der Waals surface area contributed by atoms with Crippen molar-refractivity contribution in [2.24, 2.45) is 5.73 Å². The second kappa shape index (κ2) is 7.08. The average Bonchev–Trinajstić information content (AvgIpc) is 2.81. The van der Waals surface area contributed by atoms with Gasteiger partial charge < -0.3 is 20.5 Å². The normalized spacial score (nSPS) is 11.8. The Morgan fingerprint density at radius 2 is 2.06 bits per heavy atom. The van der Waals surface area contributed by atoms with E-state index in [1.54, 1.807) is 18.2 Å². The van der Waals surface area contributed by atoms with Crippen molar-refractivity contribution in [3.63, 3.8) is 0 Å². The molecule has 1 amide bonds. The third-order valence-electron chi connectivity index (χ3n) is 2.55. The lowest BCUT2D eigenvalue weighted by atomic mass is 10.2. The van der Waals surface area contributed by atoms with Gasteiger partial charge in [0.25, 0.3) is 5.91 Å². The van der Waals surface area contributed by atoms with E-state index in [-0.39, 0.29) is 25.1 Å². The molecule has 0 spiro atoms. The highest BCUT2D eigenvalue weighted by Gasteiger charge is 2.15. The van der Waals surface area contributed by atoms with Crippen molar-refractivity contribution >= 4 is 18.3 Å². The van der Waals surface area contributed by atoms with E-state index >= 15 is 0 Å². The Bertz CT molecular complexity index is 412. The first-order valence-electron chi connectivity index (χ1n) is 5.69. The molecule has 0 saturated carbocycles. The van der Waals surface area contributed by atoms with Gasteiger partial charge in [0, 0.05) is 12.1 Å². The van der Waals surface area contributed by atoms with Gasteiger partial charge in [0.2, 0.25) is 6.79 Å². The fourth-order valence-electron chi connectivity index (χ4n) is 1.61. The Hall–Kier alpha value is -1.46. The summed E-state index contributed by atoms with van der Waals surface area (Å²) in [7, 11) is 0. The Balaban J connectivity index is 0.00000162. The van der Waals surface area contributed by atoms with Crippen molar-refractivity contribution in [2.45, 2.75) is 12.8 Å². The second-order valence-corrected chi connectivity index (χ2v) is 3.82. The lowest BCUT2D eigenvalue weighted by molar-refractivity contribution is 0.0952. The first-order chi connectivity index (χ1) is 8.31. The molecule has 0 radical (unpaired) electrons. The lowest BCUT2D eigenvalue weighted by Crippen LogP contribution is -2.24. The van der Waals surface area contributed by atoms with Crippen molar-refractivity contribution in [2.75, 3.05) is 19.9 Å². The molecule has 1 aliphatic heterocycles. The molecule has 100 valence electrons. The van der Waals surface area contributed by atoms with E-state index in [9.17, 15) is 4.79 Å². The summed E-state index contributed by atoms with van der Waals surface area (Å²) in [5.74, 6) is 1.21. The summed E-state index contributed by atoms with van der Waals surface area (Å²) in [6.45, 7) is 1.52. The molecule has 0 bridgehead atoms. The number of halogens is 1. The molecular weight excluding hydrogens is 256 g/mol. The number of ether oxygens (including phenoxy) is 2. The van der Waals surface area contributed by atoms with Gasteiger partial charge in [0.05, 0.1) is 0 Å². The SMILES string of the molecule is Cl.NCCCCNC(=O)c1ccc2c(c1)OCO2. The second-order valence-electron chi connectivity index (χ2n) is 3.82. The molecule has 3 N–H and O–H groups in total. The van der Waals surface area contributed by atoms with Crippen LogP contribution in [-0.2, 0) is 0 Å². The van der Waals surface area contributed by atoms with Gasteiger partial charge in [0.15, 0.2) is 11.5 Å². The molecule has 0 aliphatic carbocycles. The molecule has 1 aliphatic rings. The Labute approximate surface area is 112 Å². The minimum atomic E-state index is -0.0969. The van der Waals surface area contributed by atoms with Gasteiger partial charge in [-0.05, 0) is 37.6 Å². The maximum Gasteiger partial charge on any atom is 0.251 e. The van der Waals surface area contributed by atoms with Gasteiger partial charge in [0.1, 0.15) is 0 Å². The van der Waals surface area contributed by atoms with E-state index in [2.05, 4.69) is 5.32 Å². The van der Waals surface area contributed by atoms with E-state index < -0.39 is 0 Å². The number of hydrogen-bond donors (Lipinski definition) is 2. The molecule has 18 heavy (non-hydrogen) atoms. The third kappa shape index (κ3) is 3.51. The number of fused-ring (bicyclic) bond motifs is 1. The highest BCUT2D eigenvalue weighted by molar-refractivity contribution is 5.94. The van der Waals surface area contributed by atoms with Gasteiger partial charge in [-0.15, -0.1) is 12.4 Å². The van der Waals surface area contributed by atoms with E-state index in [4.69, 9.17) is 15.2 Å². The number of benzene rings is 1. The summed E-state index contributed by atoms with van der Waals surface area (Å²) < 4.78 is 10.4. The lowest BCUT2D eigenvalue weighted by Gasteiger charge is -2.05. The largest absolute Gasteiger partial charge is 0.454 e. The maximum absolute atomic E-state index is 11.8. The van der Waals surface area contributed by atoms with Crippen LogP contribution >= 0.6 is 12.4 Å². The van der Waals surface area contributed by atoms with Crippen LogP contribution in [-0.4, -0.2) is 25.8 Å². The minimum Gasteiger partial charge on any atom is -0.454 e. The van der Waals surface area contributed by atoms with Crippen LogP contribution in [0, 0.1) is 0 Å². The number of hydrogen-bond acceptors (Lipinski definition) is 4. The minimum absolute atomic E-state index is 0. The van der Waals surface area contributed by atoms with Crippen LogP contribution < -0.4 is 20.5 Å². The fourth-order valence-corrected chi connectivity index (χ4v) is 1.61. The number of carbonyl (C=O) groups is 1. The summed E-state index contributed by atoms with van der Waals surface area (Å²) in [4.78, 5) is 11.8. The van der Waals surface area contributed by atoms with Crippen LogP contribution in [0.2, 0.25) is 0 Å². The zero-order valence-electron chi connectivity index (χ0n) is 9.98. The number of nitrogens with one attached hydrogen (secondary N) is 1. The molecule has 1 heterocycles. The van der Waals surface area contributed by atoms with E-state index in [0.717, 1.165) is 12.8 Å². The molecule has 1 aromatic carbocycles. The predicted molar refractivity (Wildman–Crippen MR) is 70.4 cm³/mol. The van der Waals surface area contributed by atoms with Crippen LogP contribution in [0.25, 0.3) is 0 Å². The van der Waals surface area contributed by atoms with E-state index in [0.29, 0.717) is 30.2 Å². The zero-order chi connectivity index (χ0) is 12.1. The first-order valence-corrected chi connectivity index (χ1v) is 5.69. The van der Waals surface area contributed by atoms with Crippen LogP contribution in [0.15, 0.2) is 18.2 Å². The first kappa shape index (κ1) is 14.6. The highest BCUT2D eigenvalue weighted by atomic mass is 35.5. The summed E-state index contributed by atoms with van der Waals surface area (Å²) >= 11 is 0. The number of amides is 1. The van der Waals surface area contributed by atoms with Crippen molar-refractivity contribution in [3.8, 4) is 11.5 Å². The smallest absolute Gasteiger partial charge is 0.251 e. The zero-order valence-corrected chi connectivity index (χ0v) is 10.8. The monoisotopic (exact) mass is 272 g/mol. The van der Waals surface area contributed by atoms with Crippen LogP contribution in [0.5, 0.6) is 11.5 Å². The molecule has 6 heteroatoms. The van der Waals surface area contributed by atoms with Gasteiger partial charge in [-0.1, -0.05) is 0 Å². The van der Waals surface area contributed by atoms with Crippen LogP contribution in [0.4, 0.5) is 0 Å². The molecule has 0 aromatic heterocycles. The Morgan fingerprint density at radius 1 is 1.28 bits per heavy atom. The summed E-state index contributed by atoms with van der Waals surface area (Å²) in [6.07, 6.45) is 1.81. The number of rotatable bonds is 5. The predicted octanol–water partition coefficient (Wildman–Crippen LogP) is 1.31. The van der Waals surface area contributed by atoms with Gasteiger partial charge in [-0.25, -0.2) is 0 Å². The van der Waals surface area contributed by atoms with Crippen LogP contribution in [0.1, 0.15) is 23.2 Å². The molecule has 2 rings (SSSR count). The van der Waals surface area contributed by atoms with Gasteiger partial charge >= 0.3 is 0 Å². The van der Waals surface area contributed by atoms with Crippen molar-refractivity contribution in [1.29, 1.82) is 0 Å². The summed E-state index contributed by atoms with van der Waals surface area (Å²) in [6, 6.07) is 5.17.